The van der Waals surface area contributed by atoms with Crippen molar-refractivity contribution in [1.29, 1.82) is 0 Å². The third-order valence-electron chi connectivity index (χ3n) is 5.02. The number of hydrogen-bond acceptors (Lipinski definition) is 4. The van der Waals surface area contributed by atoms with Gasteiger partial charge in [-0.1, -0.05) is 59.3 Å². The first-order valence-electron chi connectivity index (χ1n) is 10.4. The Hall–Kier alpha value is -1.06. The van der Waals surface area contributed by atoms with Gasteiger partial charge in [0.25, 0.3) is 0 Å². The lowest BCUT2D eigenvalue weighted by molar-refractivity contribution is -0.155. The van der Waals surface area contributed by atoms with E-state index >= 15 is 0 Å². The maximum Gasteiger partial charge on any atom is 0.308 e. The van der Waals surface area contributed by atoms with E-state index in [4.69, 9.17) is 9.47 Å². The molecule has 0 saturated heterocycles. The molecule has 4 heteroatoms. The van der Waals surface area contributed by atoms with Gasteiger partial charge in [-0.2, -0.15) is 0 Å². The van der Waals surface area contributed by atoms with E-state index in [0.717, 1.165) is 38.5 Å². The van der Waals surface area contributed by atoms with Gasteiger partial charge in [-0.05, 0) is 38.0 Å². The molecule has 146 valence electrons. The average Bonchev–Trinajstić information content (AvgIpc) is 2.60. The third kappa shape index (κ3) is 9.86. The van der Waals surface area contributed by atoms with Gasteiger partial charge in [0.05, 0.1) is 25.0 Å². The first kappa shape index (κ1) is 22.0. The molecule has 0 N–H and O–H groups in total. The summed E-state index contributed by atoms with van der Waals surface area (Å²) in [6.45, 7) is 7.44. The van der Waals surface area contributed by atoms with Crippen LogP contribution in [0.25, 0.3) is 0 Å². The van der Waals surface area contributed by atoms with Gasteiger partial charge < -0.3 is 9.47 Å². The van der Waals surface area contributed by atoms with Gasteiger partial charge in [-0.25, -0.2) is 0 Å². The molecule has 0 bridgehead atoms. The topological polar surface area (TPSA) is 52.6 Å². The van der Waals surface area contributed by atoms with Gasteiger partial charge in [-0.15, -0.1) is 0 Å². The average molecular weight is 355 g/mol. The molecule has 0 spiro atoms. The van der Waals surface area contributed by atoms with Gasteiger partial charge in [-0.3, -0.25) is 9.59 Å². The molecule has 0 aromatic rings. The SMILES string of the molecule is CCCCCCCCOC(=O)C1CCCC(C(=O)OCCC(C)C)C1. The maximum atomic E-state index is 12.2. The van der Waals surface area contributed by atoms with Crippen LogP contribution in [0.1, 0.15) is 91.4 Å². The minimum atomic E-state index is -0.132. The zero-order valence-corrected chi connectivity index (χ0v) is 16.6. The van der Waals surface area contributed by atoms with Crippen LogP contribution in [0, 0.1) is 17.8 Å². The molecule has 2 unspecified atom stereocenters. The number of hydrogen-bond donors (Lipinski definition) is 0. The van der Waals surface area contributed by atoms with Gasteiger partial charge >= 0.3 is 11.9 Å². The Balaban J connectivity index is 2.20. The number of rotatable bonds is 12. The van der Waals surface area contributed by atoms with Crippen LogP contribution in [0.3, 0.4) is 0 Å². The van der Waals surface area contributed by atoms with Gasteiger partial charge in [0, 0.05) is 0 Å². The predicted molar refractivity (Wildman–Crippen MR) is 100 cm³/mol. The third-order valence-corrected chi connectivity index (χ3v) is 5.02. The van der Waals surface area contributed by atoms with Crippen LogP contribution < -0.4 is 0 Å². The molecule has 0 radical (unpaired) electrons. The van der Waals surface area contributed by atoms with E-state index in [1.165, 1.54) is 25.7 Å². The molecule has 1 saturated carbocycles. The van der Waals surface area contributed by atoms with E-state index in [1.54, 1.807) is 0 Å². The quantitative estimate of drug-likeness (QED) is 0.353. The molecular weight excluding hydrogens is 316 g/mol. The summed E-state index contributed by atoms with van der Waals surface area (Å²) in [7, 11) is 0. The highest BCUT2D eigenvalue weighted by atomic mass is 16.5. The van der Waals surface area contributed by atoms with Gasteiger partial charge in [0.2, 0.25) is 0 Å². The minimum Gasteiger partial charge on any atom is -0.465 e. The molecule has 0 heterocycles. The smallest absolute Gasteiger partial charge is 0.308 e. The molecule has 25 heavy (non-hydrogen) atoms. The Labute approximate surface area is 154 Å². The number of unbranched alkanes of at least 4 members (excludes halogenated alkanes) is 5. The number of ether oxygens (including phenoxy) is 2. The summed E-state index contributed by atoms with van der Waals surface area (Å²) < 4.78 is 10.8. The zero-order valence-electron chi connectivity index (χ0n) is 16.6. The standard InChI is InChI=1S/C21H38O4/c1-4-5-6-7-8-9-14-24-20(22)18-11-10-12-19(16-18)21(23)25-15-13-17(2)3/h17-19H,4-16H2,1-3H3. The van der Waals surface area contributed by atoms with E-state index in [2.05, 4.69) is 20.8 Å². The highest BCUT2D eigenvalue weighted by Crippen LogP contribution is 2.31. The Morgan fingerprint density at radius 3 is 2.04 bits per heavy atom. The molecule has 0 aromatic heterocycles. The van der Waals surface area contributed by atoms with Gasteiger partial charge in [0.15, 0.2) is 0 Å². The molecule has 4 nitrogen and oxygen atoms in total. The normalized spacial score (nSPS) is 20.5. The lowest BCUT2D eigenvalue weighted by Crippen LogP contribution is -2.30. The van der Waals surface area contributed by atoms with E-state index in [9.17, 15) is 9.59 Å². The van der Waals surface area contributed by atoms with Crippen LogP contribution in [-0.4, -0.2) is 25.2 Å². The fourth-order valence-corrected chi connectivity index (χ4v) is 3.30. The van der Waals surface area contributed by atoms with E-state index in [0.29, 0.717) is 25.6 Å². The van der Waals surface area contributed by atoms with Crippen LogP contribution in [-0.2, 0) is 19.1 Å². The molecular formula is C21H38O4. The highest BCUT2D eigenvalue weighted by Gasteiger charge is 2.32. The molecule has 0 aliphatic heterocycles. The van der Waals surface area contributed by atoms with Crippen molar-refractivity contribution in [1.82, 2.24) is 0 Å². The van der Waals surface area contributed by atoms with Crippen LogP contribution in [0.2, 0.25) is 0 Å². The Bertz CT molecular complexity index is 378. The van der Waals surface area contributed by atoms with Crippen LogP contribution in [0.4, 0.5) is 0 Å². The molecule has 1 rings (SSSR count). The first-order valence-corrected chi connectivity index (χ1v) is 10.4. The molecule has 1 fully saturated rings. The maximum absolute atomic E-state index is 12.2. The highest BCUT2D eigenvalue weighted by molar-refractivity contribution is 5.76. The minimum absolute atomic E-state index is 0.117. The summed E-state index contributed by atoms with van der Waals surface area (Å²) in [6, 6.07) is 0. The predicted octanol–water partition coefficient (Wildman–Crippen LogP) is 5.29. The lowest BCUT2D eigenvalue weighted by Gasteiger charge is -2.26. The van der Waals surface area contributed by atoms with Crippen molar-refractivity contribution in [2.45, 2.75) is 91.4 Å². The molecule has 1 aliphatic rings. The first-order chi connectivity index (χ1) is 12.0. The van der Waals surface area contributed by atoms with Crippen molar-refractivity contribution < 1.29 is 19.1 Å². The molecule has 0 amide bonds. The molecule has 2 atom stereocenters. The van der Waals surface area contributed by atoms with Gasteiger partial charge in [0.1, 0.15) is 0 Å². The van der Waals surface area contributed by atoms with Crippen molar-refractivity contribution >= 4 is 11.9 Å². The second-order valence-electron chi connectivity index (χ2n) is 7.85. The fourth-order valence-electron chi connectivity index (χ4n) is 3.30. The van der Waals surface area contributed by atoms with E-state index < -0.39 is 0 Å². The van der Waals surface area contributed by atoms with Crippen molar-refractivity contribution in [2.75, 3.05) is 13.2 Å². The van der Waals surface area contributed by atoms with E-state index in [1.807, 2.05) is 0 Å². The molecule has 0 aromatic carbocycles. The fraction of sp³-hybridized carbons (Fsp3) is 0.905. The van der Waals surface area contributed by atoms with Crippen LogP contribution in [0.15, 0.2) is 0 Å². The second kappa shape index (κ2) is 13.2. The van der Waals surface area contributed by atoms with E-state index in [-0.39, 0.29) is 23.8 Å². The summed E-state index contributed by atoms with van der Waals surface area (Å²) >= 11 is 0. The Morgan fingerprint density at radius 1 is 0.880 bits per heavy atom. The molecule has 1 aliphatic carbocycles. The summed E-state index contributed by atoms with van der Waals surface area (Å²) in [4.78, 5) is 24.4. The van der Waals surface area contributed by atoms with Crippen molar-refractivity contribution in [3.8, 4) is 0 Å². The van der Waals surface area contributed by atoms with Crippen molar-refractivity contribution in [3.63, 3.8) is 0 Å². The number of carbonyl (C=O) groups is 2. The zero-order chi connectivity index (χ0) is 18.5. The number of carbonyl (C=O) groups excluding carboxylic acids is 2. The summed E-state index contributed by atoms with van der Waals surface area (Å²) in [6.07, 6.45) is 11.2. The summed E-state index contributed by atoms with van der Waals surface area (Å²) in [5, 5.41) is 0. The van der Waals surface area contributed by atoms with Crippen molar-refractivity contribution in [3.05, 3.63) is 0 Å². The number of esters is 2. The van der Waals surface area contributed by atoms with Crippen molar-refractivity contribution in [2.24, 2.45) is 17.8 Å². The van der Waals surface area contributed by atoms with Crippen LogP contribution >= 0.6 is 0 Å². The summed E-state index contributed by atoms with van der Waals surface area (Å²) in [5.74, 6) is 0.0233. The Kier molecular flexibility index (Phi) is 11.6. The monoisotopic (exact) mass is 354 g/mol. The summed E-state index contributed by atoms with van der Waals surface area (Å²) in [5.41, 5.74) is 0. The largest absolute Gasteiger partial charge is 0.465 e. The lowest BCUT2D eigenvalue weighted by atomic mass is 9.81. The van der Waals surface area contributed by atoms with Crippen LogP contribution in [0.5, 0.6) is 0 Å². The second-order valence-corrected chi connectivity index (χ2v) is 7.85. The Morgan fingerprint density at radius 2 is 1.44 bits per heavy atom.